The number of carbonyl (C=O) groups is 2. The van der Waals surface area contributed by atoms with E-state index in [1.165, 1.54) is 18.2 Å². The third-order valence-corrected chi connectivity index (χ3v) is 2.42. The number of aromatic nitrogens is 2. The molecule has 98 valence electrons. The summed E-state index contributed by atoms with van der Waals surface area (Å²) in [4.78, 5) is 22.6. The lowest BCUT2D eigenvalue weighted by molar-refractivity contribution is 0.0693. The molecular formula is C12H11N3O4. The van der Waals surface area contributed by atoms with Crippen LogP contribution in [0, 0.1) is 6.92 Å². The SMILES string of the molecule is Cc1cc(C(=O)Nc2ccc(O)c(C(=O)O)c2)n[nH]1. The Labute approximate surface area is 107 Å². The van der Waals surface area contributed by atoms with Crippen molar-refractivity contribution in [1.82, 2.24) is 10.2 Å². The van der Waals surface area contributed by atoms with Crippen molar-refractivity contribution in [3.63, 3.8) is 0 Å². The number of carboxylic acid groups (broad SMARTS) is 1. The molecule has 1 heterocycles. The summed E-state index contributed by atoms with van der Waals surface area (Å²) in [6, 6.07) is 5.34. The topological polar surface area (TPSA) is 115 Å². The zero-order chi connectivity index (χ0) is 14.0. The fourth-order valence-corrected chi connectivity index (χ4v) is 1.51. The summed E-state index contributed by atoms with van der Waals surface area (Å²) in [5.74, 6) is -2.10. The Morgan fingerprint density at radius 1 is 1.32 bits per heavy atom. The van der Waals surface area contributed by atoms with Gasteiger partial charge in [-0.2, -0.15) is 5.10 Å². The summed E-state index contributed by atoms with van der Waals surface area (Å²) in [6.45, 7) is 1.76. The van der Waals surface area contributed by atoms with E-state index in [0.29, 0.717) is 0 Å². The van der Waals surface area contributed by atoms with Gasteiger partial charge in [-0.1, -0.05) is 0 Å². The Morgan fingerprint density at radius 2 is 2.05 bits per heavy atom. The lowest BCUT2D eigenvalue weighted by atomic mass is 10.1. The molecule has 19 heavy (non-hydrogen) atoms. The lowest BCUT2D eigenvalue weighted by Gasteiger charge is -2.05. The van der Waals surface area contributed by atoms with Gasteiger partial charge in [0.2, 0.25) is 0 Å². The van der Waals surface area contributed by atoms with Crippen molar-refractivity contribution in [3.05, 3.63) is 41.2 Å². The van der Waals surface area contributed by atoms with Gasteiger partial charge in [0.15, 0.2) is 5.69 Å². The predicted molar refractivity (Wildman–Crippen MR) is 66.3 cm³/mol. The molecule has 7 nitrogen and oxygen atoms in total. The minimum atomic E-state index is -1.27. The van der Waals surface area contributed by atoms with Crippen LogP contribution in [-0.4, -0.2) is 32.3 Å². The third-order valence-electron chi connectivity index (χ3n) is 2.42. The van der Waals surface area contributed by atoms with Crippen LogP contribution in [0.2, 0.25) is 0 Å². The van der Waals surface area contributed by atoms with Crippen LogP contribution in [-0.2, 0) is 0 Å². The molecule has 0 aliphatic rings. The second kappa shape index (κ2) is 4.81. The minimum Gasteiger partial charge on any atom is -0.507 e. The number of aromatic carboxylic acids is 1. The maximum Gasteiger partial charge on any atom is 0.339 e. The number of aromatic amines is 1. The number of amides is 1. The van der Waals surface area contributed by atoms with E-state index in [0.717, 1.165) is 5.69 Å². The van der Waals surface area contributed by atoms with Gasteiger partial charge in [-0.3, -0.25) is 9.89 Å². The van der Waals surface area contributed by atoms with Crippen LogP contribution in [0.25, 0.3) is 0 Å². The highest BCUT2D eigenvalue weighted by Crippen LogP contribution is 2.21. The molecular weight excluding hydrogens is 250 g/mol. The second-order valence-corrected chi connectivity index (χ2v) is 3.93. The van der Waals surface area contributed by atoms with Crippen molar-refractivity contribution < 1.29 is 19.8 Å². The van der Waals surface area contributed by atoms with E-state index in [2.05, 4.69) is 15.5 Å². The first-order valence-corrected chi connectivity index (χ1v) is 5.37. The number of phenols is 1. The van der Waals surface area contributed by atoms with Gasteiger partial charge in [0.05, 0.1) is 0 Å². The van der Waals surface area contributed by atoms with Crippen molar-refractivity contribution in [3.8, 4) is 5.75 Å². The summed E-state index contributed by atoms with van der Waals surface area (Å²) >= 11 is 0. The number of benzene rings is 1. The molecule has 0 unspecified atom stereocenters. The van der Waals surface area contributed by atoms with E-state index in [1.807, 2.05) is 0 Å². The van der Waals surface area contributed by atoms with Crippen molar-refractivity contribution in [2.24, 2.45) is 0 Å². The molecule has 0 radical (unpaired) electrons. The standard InChI is InChI=1S/C12H11N3O4/c1-6-4-9(15-14-6)11(17)13-7-2-3-10(16)8(5-7)12(18)19/h2-5,16H,1H3,(H,13,17)(H,14,15)(H,18,19). The number of carboxylic acids is 1. The molecule has 0 saturated heterocycles. The largest absolute Gasteiger partial charge is 0.507 e. The number of carbonyl (C=O) groups excluding carboxylic acids is 1. The zero-order valence-electron chi connectivity index (χ0n) is 9.97. The molecule has 1 amide bonds. The minimum absolute atomic E-state index is 0.197. The van der Waals surface area contributed by atoms with Gasteiger partial charge in [0.25, 0.3) is 5.91 Å². The first-order chi connectivity index (χ1) is 8.97. The summed E-state index contributed by atoms with van der Waals surface area (Å²) in [7, 11) is 0. The molecule has 0 saturated carbocycles. The van der Waals surface area contributed by atoms with E-state index in [4.69, 9.17) is 5.11 Å². The molecule has 4 N–H and O–H groups in total. The maximum absolute atomic E-state index is 11.8. The van der Waals surface area contributed by atoms with Crippen LogP contribution < -0.4 is 5.32 Å². The number of rotatable bonds is 3. The van der Waals surface area contributed by atoms with Gasteiger partial charge in [-0.05, 0) is 31.2 Å². The van der Waals surface area contributed by atoms with Crippen molar-refractivity contribution >= 4 is 17.6 Å². The van der Waals surface area contributed by atoms with Crippen LogP contribution >= 0.6 is 0 Å². The molecule has 2 aromatic rings. The number of hydrogen-bond acceptors (Lipinski definition) is 4. The number of hydrogen-bond donors (Lipinski definition) is 4. The number of H-pyrrole nitrogens is 1. The first kappa shape index (κ1) is 12.6. The van der Waals surface area contributed by atoms with E-state index < -0.39 is 11.9 Å². The molecule has 1 aromatic carbocycles. The molecule has 0 bridgehead atoms. The highest BCUT2D eigenvalue weighted by molar-refractivity contribution is 6.03. The molecule has 0 spiro atoms. The van der Waals surface area contributed by atoms with E-state index in [-0.39, 0.29) is 22.7 Å². The molecule has 1 aromatic heterocycles. The average Bonchev–Trinajstić information content (AvgIpc) is 2.78. The molecule has 0 atom stereocenters. The Kier molecular flexibility index (Phi) is 3.19. The average molecular weight is 261 g/mol. The van der Waals surface area contributed by atoms with Gasteiger partial charge >= 0.3 is 5.97 Å². The fourth-order valence-electron chi connectivity index (χ4n) is 1.51. The van der Waals surface area contributed by atoms with Gasteiger partial charge in [-0.15, -0.1) is 0 Å². The maximum atomic E-state index is 11.8. The number of aryl methyl sites for hydroxylation is 1. The van der Waals surface area contributed by atoms with Gasteiger partial charge in [-0.25, -0.2) is 4.79 Å². The smallest absolute Gasteiger partial charge is 0.339 e. The molecule has 0 aliphatic carbocycles. The highest BCUT2D eigenvalue weighted by Gasteiger charge is 2.13. The molecule has 2 rings (SSSR count). The van der Waals surface area contributed by atoms with Crippen LogP contribution in [0.1, 0.15) is 26.5 Å². The van der Waals surface area contributed by atoms with Crippen LogP contribution in [0.15, 0.2) is 24.3 Å². The second-order valence-electron chi connectivity index (χ2n) is 3.93. The van der Waals surface area contributed by atoms with E-state index in [1.54, 1.807) is 13.0 Å². The van der Waals surface area contributed by atoms with E-state index >= 15 is 0 Å². The van der Waals surface area contributed by atoms with Crippen LogP contribution in [0.4, 0.5) is 5.69 Å². The number of nitrogens with zero attached hydrogens (tertiary/aromatic N) is 1. The van der Waals surface area contributed by atoms with Crippen molar-refractivity contribution in [2.75, 3.05) is 5.32 Å². The Hall–Kier alpha value is -2.83. The Bertz CT molecular complexity index is 648. The summed E-state index contributed by atoms with van der Waals surface area (Å²) in [5.41, 5.74) is 0.918. The monoisotopic (exact) mass is 261 g/mol. The van der Waals surface area contributed by atoms with Gasteiger partial charge in [0, 0.05) is 11.4 Å². The van der Waals surface area contributed by atoms with Gasteiger partial charge < -0.3 is 15.5 Å². The lowest BCUT2D eigenvalue weighted by Crippen LogP contribution is -2.13. The normalized spacial score (nSPS) is 10.2. The summed E-state index contributed by atoms with van der Waals surface area (Å²) < 4.78 is 0. The van der Waals surface area contributed by atoms with Crippen molar-refractivity contribution in [1.29, 1.82) is 0 Å². The van der Waals surface area contributed by atoms with Crippen molar-refractivity contribution in [2.45, 2.75) is 6.92 Å². The van der Waals surface area contributed by atoms with E-state index in [9.17, 15) is 14.7 Å². The zero-order valence-corrected chi connectivity index (χ0v) is 9.97. The Balaban J connectivity index is 2.22. The summed E-state index contributed by atoms with van der Waals surface area (Å²) in [5, 5.41) is 27.1. The number of nitrogens with one attached hydrogen (secondary N) is 2. The quantitative estimate of drug-likeness (QED) is 0.623. The first-order valence-electron chi connectivity index (χ1n) is 5.37. The molecule has 0 aliphatic heterocycles. The predicted octanol–water partition coefficient (Wildman–Crippen LogP) is 1.37. The highest BCUT2D eigenvalue weighted by atomic mass is 16.4. The van der Waals surface area contributed by atoms with Gasteiger partial charge in [0.1, 0.15) is 11.3 Å². The number of aromatic hydroxyl groups is 1. The molecule has 0 fully saturated rings. The summed E-state index contributed by atoms with van der Waals surface area (Å²) in [6.07, 6.45) is 0. The number of anilines is 1. The molecule has 7 heteroatoms. The van der Waals surface area contributed by atoms with Crippen LogP contribution in [0.3, 0.4) is 0 Å². The Morgan fingerprint density at radius 3 is 2.63 bits per heavy atom. The van der Waals surface area contributed by atoms with Crippen LogP contribution in [0.5, 0.6) is 5.75 Å². The fraction of sp³-hybridized carbons (Fsp3) is 0.0833. The third kappa shape index (κ3) is 2.71.